The van der Waals surface area contributed by atoms with Gasteiger partial charge in [0.1, 0.15) is 12.2 Å². The van der Waals surface area contributed by atoms with Gasteiger partial charge in [0.05, 0.1) is 18.1 Å². The molecule has 5 atom stereocenters. The van der Waals surface area contributed by atoms with E-state index in [0.717, 1.165) is 19.5 Å². The van der Waals surface area contributed by atoms with Crippen LogP contribution in [0, 0.1) is 0 Å². The highest BCUT2D eigenvalue weighted by Gasteiger charge is 2.50. The summed E-state index contributed by atoms with van der Waals surface area (Å²) in [4.78, 5) is 21.4. The number of piperidine rings is 1. The first kappa shape index (κ1) is 25.8. The molecule has 2 saturated heterocycles. The van der Waals surface area contributed by atoms with E-state index >= 15 is 0 Å². The van der Waals surface area contributed by atoms with Crippen LogP contribution in [-0.2, 0) is 10.2 Å². The van der Waals surface area contributed by atoms with Crippen LogP contribution in [0.5, 0.6) is 0 Å². The smallest absolute Gasteiger partial charge is 0.317 e. The fourth-order valence-electron chi connectivity index (χ4n) is 5.76. The summed E-state index contributed by atoms with van der Waals surface area (Å²) in [5, 5.41) is 6.72. The van der Waals surface area contributed by atoms with Crippen molar-refractivity contribution in [2.75, 3.05) is 26.2 Å². The van der Waals surface area contributed by atoms with E-state index in [1.807, 2.05) is 6.92 Å². The molecule has 2 amide bonds. The maximum absolute atomic E-state index is 15.0. The number of likely N-dealkylation sites (tertiary alicyclic amines) is 2. The Morgan fingerprint density at radius 3 is 2.56 bits per heavy atom. The summed E-state index contributed by atoms with van der Waals surface area (Å²) in [7, 11) is 0. The Morgan fingerprint density at radius 2 is 1.92 bits per heavy atom. The molecule has 1 aromatic rings. The molecule has 0 bridgehead atoms. The zero-order valence-electron chi connectivity index (χ0n) is 21.4. The van der Waals surface area contributed by atoms with Crippen molar-refractivity contribution in [1.29, 1.82) is 0 Å². The van der Waals surface area contributed by atoms with Crippen molar-refractivity contribution >= 4 is 6.03 Å². The van der Waals surface area contributed by atoms with E-state index in [-0.39, 0.29) is 18.4 Å². The lowest BCUT2D eigenvalue weighted by atomic mass is 9.79. The van der Waals surface area contributed by atoms with E-state index in [9.17, 15) is 18.0 Å². The Morgan fingerprint density at radius 1 is 1.19 bits per heavy atom. The third-order valence-corrected chi connectivity index (χ3v) is 8.54. The van der Waals surface area contributed by atoms with Gasteiger partial charge in [0.15, 0.2) is 5.82 Å². The van der Waals surface area contributed by atoms with E-state index in [0.29, 0.717) is 63.0 Å². The molecule has 202 valence electrons. The molecule has 2 aliphatic carbocycles. The zero-order chi connectivity index (χ0) is 25.7. The number of alkyl halides is 3. The largest absolute Gasteiger partial charge is 0.371 e. The third-order valence-electron chi connectivity index (χ3n) is 8.54. The van der Waals surface area contributed by atoms with Gasteiger partial charge >= 0.3 is 6.03 Å². The second-order valence-corrected chi connectivity index (χ2v) is 11.6. The number of ether oxygens (including phenoxy) is 1. The monoisotopic (exact) mass is 513 g/mol. The first-order valence-electron chi connectivity index (χ1n) is 13.4. The van der Waals surface area contributed by atoms with Crippen LogP contribution < -0.4 is 5.32 Å². The van der Waals surface area contributed by atoms with Crippen molar-refractivity contribution in [2.24, 2.45) is 0 Å². The van der Waals surface area contributed by atoms with E-state index in [1.54, 1.807) is 4.90 Å². The van der Waals surface area contributed by atoms with Crippen molar-refractivity contribution < 1.29 is 27.2 Å². The van der Waals surface area contributed by atoms with Crippen LogP contribution in [-0.4, -0.2) is 88.5 Å². The van der Waals surface area contributed by atoms with Crippen LogP contribution in [0.15, 0.2) is 4.52 Å². The molecule has 8 nitrogen and oxygen atoms in total. The highest BCUT2D eigenvalue weighted by atomic mass is 19.3. The maximum atomic E-state index is 15.0. The van der Waals surface area contributed by atoms with Gasteiger partial charge in [0.2, 0.25) is 5.89 Å². The van der Waals surface area contributed by atoms with Gasteiger partial charge < -0.3 is 19.5 Å². The molecule has 11 heteroatoms. The molecular weight excluding hydrogens is 475 g/mol. The lowest BCUT2D eigenvalue weighted by Crippen LogP contribution is -2.61. The minimum Gasteiger partial charge on any atom is -0.371 e. The van der Waals surface area contributed by atoms with Crippen LogP contribution in [0.3, 0.4) is 0 Å². The van der Waals surface area contributed by atoms with Crippen molar-refractivity contribution in [3.63, 3.8) is 0 Å². The molecule has 36 heavy (non-hydrogen) atoms. The quantitative estimate of drug-likeness (QED) is 0.619. The number of carbonyl (C=O) groups is 1. The number of hydrogen-bond acceptors (Lipinski definition) is 6. The second-order valence-electron chi connectivity index (χ2n) is 11.6. The highest BCUT2D eigenvalue weighted by Crippen LogP contribution is 2.44. The average molecular weight is 514 g/mol. The molecule has 4 aliphatic rings. The first-order chi connectivity index (χ1) is 17.1. The Bertz CT molecular complexity index is 936. The molecule has 1 N–H and O–H groups in total. The SMILES string of the molecule is CC(C)N1CC[C@H](O[C@H]2CCCC(F)(F)[C@@H]2NC(=O)N2CCC(C)(c3noc([C@@H]4C[C@@H]4F)n3)CC2)C1. The standard InChI is InChI=1S/C25H38F3N5O3/c1-15(2)33-10-6-16(14-33)35-19-5-4-7-25(27,28)20(19)29-23(34)32-11-8-24(3,9-12-32)22-30-21(36-31-22)17-13-18(17)26/h15-20H,4-14H2,1-3H3,(H,29,34)/t16-,17+,18-,19-,20+/m0/s1. The second kappa shape index (κ2) is 9.78. The van der Waals surface area contributed by atoms with Crippen LogP contribution in [0.4, 0.5) is 18.0 Å². The summed E-state index contributed by atoms with van der Waals surface area (Å²) < 4.78 is 54.8. The molecule has 0 unspecified atom stereocenters. The number of hydrogen-bond donors (Lipinski definition) is 1. The minimum absolute atomic E-state index is 0.0930. The zero-order valence-corrected chi connectivity index (χ0v) is 21.4. The molecular formula is C25H38F3N5O3. The number of nitrogens with zero attached hydrogens (tertiary/aromatic N) is 4. The summed E-state index contributed by atoms with van der Waals surface area (Å²) in [5.41, 5.74) is -0.412. The topological polar surface area (TPSA) is 83.7 Å². The van der Waals surface area contributed by atoms with Crippen LogP contribution in [0.2, 0.25) is 0 Å². The Labute approximate surface area is 210 Å². The molecule has 0 aromatic carbocycles. The molecule has 2 aliphatic heterocycles. The van der Waals surface area contributed by atoms with E-state index in [1.165, 1.54) is 0 Å². The summed E-state index contributed by atoms with van der Waals surface area (Å²) in [6.07, 6.45) is 1.30. The molecule has 2 saturated carbocycles. The lowest BCUT2D eigenvalue weighted by molar-refractivity contribution is -0.138. The van der Waals surface area contributed by atoms with Crippen molar-refractivity contribution in [3.8, 4) is 0 Å². The van der Waals surface area contributed by atoms with Gasteiger partial charge in [-0.2, -0.15) is 4.98 Å². The molecule has 4 fully saturated rings. The van der Waals surface area contributed by atoms with Crippen LogP contribution in [0.25, 0.3) is 0 Å². The summed E-state index contributed by atoms with van der Waals surface area (Å²) in [6, 6.07) is -1.44. The molecule has 0 radical (unpaired) electrons. The molecule has 1 aromatic heterocycles. The number of halogens is 3. The van der Waals surface area contributed by atoms with E-state index < -0.39 is 35.7 Å². The predicted molar refractivity (Wildman–Crippen MR) is 126 cm³/mol. The molecule has 0 spiro atoms. The number of nitrogens with one attached hydrogen (secondary N) is 1. The van der Waals surface area contributed by atoms with Gasteiger partial charge in [-0.3, -0.25) is 4.90 Å². The summed E-state index contributed by atoms with van der Waals surface area (Å²) >= 11 is 0. The van der Waals surface area contributed by atoms with Gasteiger partial charge in [0.25, 0.3) is 5.92 Å². The fraction of sp³-hybridized carbons (Fsp3) is 0.880. The van der Waals surface area contributed by atoms with Crippen molar-refractivity contribution in [1.82, 2.24) is 25.3 Å². The Kier molecular flexibility index (Phi) is 6.99. The van der Waals surface area contributed by atoms with Crippen molar-refractivity contribution in [2.45, 2.75) is 113 Å². The van der Waals surface area contributed by atoms with E-state index in [4.69, 9.17) is 9.26 Å². The molecule has 5 rings (SSSR count). The van der Waals surface area contributed by atoms with Gasteiger partial charge in [-0.25, -0.2) is 18.0 Å². The maximum Gasteiger partial charge on any atom is 0.317 e. The molecule has 3 heterocycles. The number of urea groups is 1. The third kappa shape index (κ3) is 5.23. The Hall–Kier alpha value is -1.88. The van der Waals surface area contributed by atoms with Gasteiger partial charge in [-0.05, 0) is 52.4 Å². The number of rotatable bonds is 6. The first-order valence-corrected chi connectivity index (χ1v) is 13.4. The van der Waals surface area contributed by atoms with E-state index in [2.05, 4.69) is 34.2 Å². The number of amides is 2. The van der Waals surface area contributed by atoms with Crippen LogP contribution >= 0.6 is 0 Å². The van der Waals surface area contributed by atoms with Gasteiger partial charge in [-0.15, -0.1) is 0 Å². The number of aromatic nitrogens is 2. The minimum atomic E-state index is -3.02. The number of carbonyl (C=O) groups excluding carboxylic acids is 1. The van der Waals surface area contributed by atoms with Gasteiger partial charge in [-0.1, -0.05) is 12.1 Å². The van der Waals surface area contributed by atoms with Gasteiger partial charge in [0, 0.05) is 44.1 Å². The summed E-state index contributed by atoms with van der Waals surface area (Å²) in [6.45, 7) is 8.63. The normalized spacial score (nSPS) is 34.2. The lowest BCUT2D eigenvalue weighted by Gasteiger charge is -2.42. The average Bonchev–Trinajstić information content (AvgIpc) is 3.20. The highest BCUT2D eigenvalue weighted by molar-refractivity contribution is 5.75. The Balaban J connectivity index is 1.18. The summed E-state index contributed by atoms with van der Waals surface area (Å²) in [5.74, 6) is -2.46. The fourth-order valence-corrected chi connectivity index (χ4v) is 5.76. The van der Waals surface area contributed by atoms with Crippen LogP contribution in [0.1, 0.15) is 83.3 Å². The predicted octanol–water partition coefficient (Wildman–Crippen LogP) is 4.01. The van der Waals surface area contributed by atoms with Crippen molar-refractivity contribution in [3.05, 3.63) is 11.7 Å².